The van der Waals surface area contributed by atoms with E-state index in [1.165, 1.54) is 0 Å². The molecule has 0 saturated carbocycles. The molecule has 2 N–H and O–H groups in total. The van der Waals surface area contributed by atoms with E-state index in [9.17, 15) is 4.79 Å². The van der Waals surface area contributed by atoms with Gasteiger partial charge in [-0.1, -0.05) is 17.7 Å². The number of halogens is 2. The van der Waals surface area contributed by atoms with Crippen molar-refractivity contribution < 1.29 is 4.79 Å². The van der Waals surface area contributed by atoms with Gasteiger partial charge in [-0.25, -0.2) is 4.98 Å². The van der Waals surface area contributed by atoms with Gasteiger partial charge in [0.05, 0.1) is 5.02 Å². The summed E-state index contributed by atoms with van der Waals surface area (Å²) in [5.74, 6) is 0.367. The number of benzene rings is 1. The molecule has 0 saturated heterocycles. The number of carbonyl (C=O) groups is 1. The lowest BCUT2D eigenvalue weighted by atomic mass is 10.0. The summed E-state index contributed by atoms with van der Waals surface area (Å²) in [7, 11) is 0. The molecule has 1 heterocycles. The summed E-state index contributed by atoms with van der Waals surface area (Å²) in [6.07, 6.45) is 1.83. The number of nitrogen functional groups attached to an aromatic ring is 1. The minimum absolute atomic E-state index is 0.0212. The monoisotopic (exact) mass is 324 g/mol. The first-order valence-corrected chi connectivity index (χ1v) is 6.42. The number of Topliss-reactive ketones (excluding diaryl/α,β-unsaturated/α-hetero) is 1. The summed E-state index contributed by atoms with van der Waals surface area (Å²) >= 11 is 9.18. The molecule has 0 unspecified atom stereocenters. The van der Waals surface area contributed by atoms with E-state index in [2.05, 4.69) is 20.9 Å². The second-order valence-corrected chi connectivity index (χ2v) is 5.04. The Kier molecular flexibility index (Phi) is 3.99. The van der Waals surface area contributed by atoms with Crippen molar-refractivity contribution in [3.8, 4) is 0 Å². The van der Waals surface area contributed by atoms with Crippen LogP contribution in [0.5, 0.6) is 0 Å². The lowest BCUT2D eigenvalue weighted by molar-refractivity contribution is 0.0993. The van der Waals surface area contributed by atoms with Gasteiger partial charge in [-0.15, -0.1) is 0 Å². The van der Waals surface area contributed by atoms with E-state index >= 15 is 0 Å². The minimum atomic E-state index is -0.0212. The molecule has 0 aliphatic rings. The maximum Gasteiger partial charge on any atom is 0.167 e. The van der Waals surface area contributed by atoms with E-state index < -0.39 is 0 Å². The number of carbonyl (C=O) groups excluding carboxylic acids is 1. The summed E-state index contributed by atoms with van der Waals surface area (Å²) in [5.41, 5.74) is 7.03. The lowest BCUT2D eigenvalue weighted by Crippen LogP contribution is -2.06. The molecule has 5 heteroatoms. The van der Waals surface area contributed by atoms with Crippen LogP contribution in [0.2, 0.25) is 5.02 Å². The van der Waals surface area contributed by atoms with E-state index in [0.717, 1.165) is 5.56 Å². The van der Waals surface area contributed by atoms with Crippen LogP contribution in [0.1, 0.15) is 15.9 Å². The molecule has 2 rings (SSSR count). The largest absolute Gasteiger partial charge is 0.383 e. The van der Waals surface area contributed by atoms with Gasteiger partial charge in [0.2, 0.25) is 0 Å². The number of nitrogens with zero attached hydrogens (tertiary/aromatic N) is 1. The Labute approximate surface area is 118 Å². The van der Waals surface area contributed by atoms with Crippen LogP contribution in [-0.4, -0.2) is 10.8 Å². The number of hydrogen-bond acceptors (Lipinski definition) is 3. The lowest BCUT2D eigenvalue weighted by Gasteiger charge is -2.05. The highest BCUT2D eigenvalue weighted by atomic mass is 79.9. The molecule has 0 atom stereocenters. The molecule has 92 valence electrons. The van der Waals surface area contributed by atoms with Gasteiger partial charge in [-0.3, -0.25) is 4.79 Å². The standard InChI is InChI=1S/C13H10BrClN2O/c14-10-6-8(3-4-11(10)15)12(18)7-9-2-1-5-17-13(9)16/h1-6H,7H2,(H2,16,17). The van der Waals surface area contributed by atoms with Gasteiger partial charge >= 0.3 is 0 Å². The van der Waals surface area contributed by atoms with Crippen LogP contribution in [0, 0.1) is 0 Å². The molecule has 1 aromatic heterocycles. The molecule has 1 aromatic carbocycles. The number of rotatable bonds is 3. The van der Waals surface area contributed by atoms with E-state index in [1.54, 1.807) is 36.5 Å². The predicted molar refractivity (Wildman–Crippen MR) is 75.8 cm³/mol. The van der Waals surface area contributed by atoms with Gasteiger partial charge in [0.1, 0.15) is 5.82 Å². The zero-order chi connectivity index (χ0) is 13.1. The first-order valence-electron chi connectivity index (χ1n) is 5.25. The Morgan fingerprint density at radius 3 is 2.83 bits per heavy atom. The Bertz CT molecular complexity index is 601. The topological polar surface area (TPSA) is 56.0 Å². The van der Waals surface area contributed by atoms with Crippen molar-refractivity contribution in [2.24, 2.45) is 0 Å². The fourth-order valence-electron chi connectivity index (χ4n) is 1.54. The predicted octanol–water partition coefficient (Wildman–Crippen LogP) is 3.51. The van der Waals surface area contributed by atoms with Crippen molar-refractivity contribution in [2.45, 2.75) is 6.42 Å². The van der Waals surface area contributed by atoms with E-state index in [1.807, 2.05) is 0 Å². The van der Waals surface area contributed by atoms with Crippen LogP contribution >= 0.6 is 27.5 Å². The SMILES string of the molecule is Nc1ncccc1CC(=O)c1ccc(Cl)c(Br)c1. The fourth-order valence-corrected chi connectivity index (χ4v) is 2.04. The van der Waals surface area contributed by atoms with Crippen molar-refractivity contribution in [3.05, 3.63) is 57.2 Å². The van der Waals surface area contributed by atoms with Crippen molar-refractivity contribution >= 4 is 39.1 Å². The van der Waals surface area contributed by atoms with Gasteiger partial charge in [0, 0.05) is 28.2 Å². The quantitative estimate of drug-likeness (QED) is 0.879. The molecule has 0 fully saturated rings. The third-order valence-corrected chi connectivity index (χ3v) is 3.73. The summed E-state index contributed by atoms with van der Waals surface area (Å²) in [6, 6.07) is 8.65. The molecule has 2 aromatic rings. The van der Waals surface area contributed by atoms with E-state index in [0.29, 0.717) is 20.9 Å². The smallest absolute Gasteiger partial charge is 0.167 e. The molecule has 0 radical (unpaired) electrons. The molecular formula is C13H10BrClN2O. The van der Waals surface area contributed by atoms with Crippen LogP contribution in [0.15, 0.2) is 41.0 Å². The van der Waals surface area contributed by atoms with Gasteiger partial charge in [0.25, 0.3) is 0 Å². The summed E-state index contributed by atoms with van der Waals surface area (Å²) in [4.78, 5) is 16.0. The molecule has 0 amide bonds. The number of hydrogen-bond donors (Lipinski definition) is 1. The maximum absolute atomic E-state index is 12.1. The Balaban J connectivity index is 2.22. The highest BCUT2D eigenvalue weighted by Crippen LogP contribution is 2.24. The van der Waals surface area contributed by atoms with Crippen molar-refractivity contribution in [3.63, 3.8) is 0 Å². The van der Waals surface area contributed by atoms with Crippen LogP contribution in [0.25, 0.3) is 0 Å². The number of nitrogens with two attached hydrogens (primary N) is 1. The number of pyridine rings is 1. The van der Waals surface area contributed by atoms with E-state index in [-0.39, 0.29) is 12.2 Å². The zero-order valence-corrected chi connectivity index (χ0v) is 11.7. The highest BCUT2D eigenvalue weighted by Gasteiger charge is 2.11. The van der Waals surface area contributed by atoms with Crippen molar-refractivity contribution in [2.75, 3.05) is 5.73 Å². The molecule has 3 nitrogen and oxygen atoms in total. The van der Waals surface area contributed by atoms with Crippen LogP contribution in [0.3, 0.4) is 0 Å². The minimum Gasteiger partial charge on any atom is -0.383 e. The van der Waals surface area contributed by atoms with Gasteiger partial charge in [-0.2, -0.15) is 0 Å². The van der Waals surface area contributed by atoms with Gasteiger partial charge in [-0.05, 0) is 40.2 Å². The third-order valence-electron chi connectivity index (χ3n) is 2.52. The molecule has 0 spiro atoms. The molecule has 0 bridgehead atoms. The summed E-state index contributed by atoms with van der Waals surface area (Å²) in [6.45, 7) is 0. The van der Waals surface area contributed by atoms with Crippen molar-refractivity contribution in [1.29, 1.82) is 0 Å². The molecule has 0 aliphatic heterocycles. The Morgan fingerprint density at radius 2 is 2.17 bits per heavy atom. The Hall–Kier alpha value is -1.39. The number of aromatic nitrogens is 1. The van der Waals surface area contributed by atoms with Crippen LogP contribution in [-0.2, 0) is 6.42 Å². The molecule has 0 aliphatic carbocycles. The first-order chi connectivity index (χ1) is 8.58. The molecule has 18 heavy (non-hydrogen) atoms. The zero-order valence-electron chi connectivity index (χ0n) is 9.36. The first kappa shape index (κ1) is 13.1. The normalized spacial score (nSPS) is 10.3. The summed E-state index contributed by atoms with van der Waals surface area (Å²) < 4.78 is 0.703. The number of anilines is 1. The fraction of sp³-hybridized carbons (Fsp3) is 0.0769. The Morgan fingerprint density at radius 1 is 1.39 bits per heavy atom. The van der Waals surface area contributed by atoms with Crippen LogP contribution < -0.4 is 5.73 Å². The van der Waals surface area contributed by atoms with Gasteiger partial charge in [0.15, 0.2) is 5.78 Å². The van der Waals surface area contributed by atoms with Crippen LogP contribution in [0.4, 0.5) is 5.82 Å². The second-order valence-electron chi connectivity index (χ2n) is 3.78. The summed E-state index contributed by atoms with van der Waals surface area (Å²) in [5, 5.41) is 0.576. The maximum atomic E-state index is 12.1. The second kappa shape index (κ2) is 5.50. The highest BCUT2D eigenvalue weighted by molar-refractivity contribution is 9.10. The average molecular weight is 326 g/mol. The average Bonchev–Trinajstić information content (AvgIpc) is 2.35. The van der Waals surface area contributed by atoms with Crippen molar-refractivity contribution in [1.82, 2.24) is 4.98 Å². The third kappa shape index (κ3) is 2.89. The molecular weight excluding hydrogens is 316 g/mol. The number of ketones is 1. The van der Waals surface area contributed by atoms with E-state index in [4.69, 9.17) is 17.3 Å². The van der Waals surface area contributed by atoms with Gasteiger partial charge < -0.3 is 5.73 Å².